The molecule has 0 unspecified atom stereocenters. The molecular formula is C22H24ClN3O. The van der Waals surface area contributed by atoms with Crippen molar-refractivity contribution >= 4 is 23.2 Å². The maximum atomic E-state index is 13.7. The van der Waals surface area contributed by atoms with E-state index < -0.39 is 5.41 Å². The van der Waals surface area contributed by atoms with E-state index in [4.69, 9.17) is 11.6 Å². The Bertz CT molecular complexity index is 942. The van der Waals surface area contributed by atoms with Crippen LogP contribution in [-0.4, -0.2) is 26.7 Å². The summed E-state index contributed by atoms with van der Waals surface area (Å²) in [4.78, 5) is 20.1. The molecule has 2 heterocycles. The highest BCUT2D eigenvalue weighted by Gasteiger charge is 2.44. The fraction of sp³-hybridized carbons (Fsp3) is 0.364. The van der Waals surface area contributed by atoms with Gasteiger partial charge in [0.1, 0.15) is 5.65 Å². The molecule has 0 atom stereocenters. The molecule has 140 valence electrons. The van der Waals surface area contributed by atoms with Crippen LogP contribution in [0.2, 0.25) is 5.02 Å². The summed E-state index contributed by atoms with van der Waals surface area (Å²) in [6.45, 7) is 3.29. The van der Waals surface area contributed by atoms with Crippen LogP contribution in [-0.2, 0) is 16.8 Å². The summed E-state index contributed by atoms with van der Waals surface area (Å²) in [6.07, 6.45) is 7.84. The van der Waals surface area contributed by atoms with E-state index in [0.717, 1.165) is 42.6 Å². The average molecular weight is 382 g/mol. The van der Waals surface area contributed by atoms with Crippen molar-refractivity contribution in [2.24, 2.45) is 0 Å². The quantitative estimate of drug-likeness (QED) is 0.633. The summed E-state index contributed by atoms with van der Waals surface area (Å²) in [7, 11) is 0. The average Bonchev–Trinajstić information content (AvgIpc) is 3.34. The van der Waals surface area contributed by atoms with Crippen LogP contribution in [0, 0.1) is 0 Å². The van der Waals surface area contributed by atoms with E-state index in [0.29, 0.717) is 18.1 Å². The van der Waals surface area contributed by atoms with Crippen LogP contribution in [0.5, 0.6) is 0 Å². The number of rotatable bonds is 5. The van der Waals surface area contributed by atoms with Gasteiger partial charge in [-0.1, -0.05) is 42.6 Å². The number of amides is 1. The highest BCUT2D eigenvalue weighted by molar-refractivity contribution is 6.30. The molecule has 4 rings (SSSR count). The van der Waals surface area contributed by atoms with Crippen molar-refractivity contribution in [2.75, 3.05) is 6.54 Å². The van der Waals surface area contributed by atoms with Crippen molar-refractivity contribution < 1.29 is 4.79 Å². The molecule has 0 N–H and O–H groups in total. The van der Waals surface area contributed by atoms with Gasteiger partial charge in [0.25, 0.3) is 0 Å². The van der Waals surface area contributed by atoms with Gasteiger partial charge in [-0.3, -0.25) is 4.79 Å². The van der Waals surface area contributed by atoms with Gasteiger partial charge in [-0.2, -0.15) is 0 Å². The predicted octanol–water partition coefficient (Wildman–Crippen LogP) is 4.85. The van der Waals surface area contributed by atoms with E-state index in [1.165, 1.54) is 0 Å². The topological polar surface area (TPSA) is 37.6 Å². The van der Waals surface area contributed by atoms with Gasteiger partial charge in [0.2, 0.25) is 5.91 Å². The molecule has 1 aliphatic carbocycles. The third-order valence-electron chi connectivity index (χ3n) is 5.78. The van der Waals surface area contributed by atoms with Gasteiger partial charge in [-0.05, 0) is 49.6 Å². The number of pyridine rings is 1. The van der Waals surface area contributed by atoms with E-state index in [2.05, 4.69) is 9.38 Å². The maximum Gasteiger partial charge on any atom is 0.233 e. The minimum absolute atomic E-state index is 0.218. The Labute approximate surface area is 164 Å². The molecule has 1 saturated carbocycles. The number of carbonyl (C=O) groups excluding carboxylic acids is 1. The minimum atomic E-state index is -0.429. The Morgan fingerprint density at radius 1 is 1.19 bits per heavy atom. The monoisotopic (exact) mass is 381 g/mol. The standard InChI is InChI=1S/C22H24ClN3O/c1-2-25(16-19-15-24-20-7-3-6-14-26(19)20)21(27)22(12-4-5-13-22)17-8-10-18(23)11-9-17/h3,6-11,14-15H,2,4-5,12-13,16H2,1H3. The molecule has 0 saturated heterocycles. The largest absolute Gasteiger partial charge is 0.336 e. The van der Waals surface area contributed by atoms with Crippen molar-refractivity contribution in [1.82, 2.24) is 14.3 Å². The number of hydrogen-bond acceptors (Lipinski definition) is 2. The summed E-state index contributed by atoms with van der Waals surface area (Å²) in [5, 5.41) is 0.706. The number of benzene rings is 1. The van der Waals surface area contributed by atoms with E-state index >= 15 is 0 Å². The molecule has 4 nitrogen and oxygen atoms in total. The number of hydrogen-bond donors (Lipinski definition) is 0. The van der Waals surface area contributed by atoms with Gasteiger partial charge in [0, 0.05) is 17.8 Å². The minimum Gasteiger partial charge on any atom is -0.336 e. The number of halogens is 1. The molecule has 2 aromatic heterocycles. The van der Waals surface area contributed by atoms with E-state index in [9.17, 15) is 4.79 Å². The van der Waals surface area contributed by atoms with Crippen molar-refractivity contribution in [1.29, 1.82) is 0 Å². The van der Waals surface area contributed by atoms with Crippen LogP contribution < -0.4 is 0 Å². The Kier molecular flexibility index (Phi) is 4.92. The highest BCUT2D eigenvalue weighted by atomic mass is 35.5. The van der Waals surface area contributed by atoms with Gasteiger partial charge in [-0.15, -0.1) is 0 Å². The zero-order valence-electron chi connectivity index (χ0n) is 15.6. The van der Waals surface area contributed by atoms with Gasteiger partial charge in [-0.25, -0.2) is 4.98 Å². The molecule has 1 amide bonds. The lowest BCUT2D eigenvalue weighted by Crippen LogP contribution is -2.45. The normalized spacial score (nSPS) is 15.9. The van der Waals surface area contributed by atoms with Crippen LogP contribution in [0.1, 0.15) is 43.9 Å². The Hall–Kier alpha value is -2.33. The van der Waals surface area contributed by atoms with E-state index in [1.807, 2.05) is 66.7 Å². The molecule has 0 bridgehead atoms. The van der Waals surface area contributed by atoms with Crippen LogP contribution in [0.4, 0.5) is 0 Å². The molecule has 1 aliphatic rings. The van der Waals surface area contributed by atoms with Crippen LogP contribution in [0.25, 0.3) is 5.65 Å². The molecule has 0 spiro atoms. The second-order valence-electron chi connectivity index (χ2n) is 7.29. The molecular weight excluding hydrogens is 358 g/mol. The van der Waals surface area contributed by atoms with Gasteiger partial charge in [0.15, 0.2) is 0 Å². The molecule has 27 heavy (non-hydrogen) atoms. The first-order chi connectivity index (χ1) is 13.1. The molecule has 3 aromatic rings. The third kappa shape index (κ3) is 3.23. The fourth-order valence-corrected chi connectivity index (χ4v) is 4.43. The SMILES string of the molecule is CCN(Cc1cnc2ccccn12)C(=O)C1(c2ccc(Cl)cc2)CCCC1. The fourth-order valence-electron chi connectivity index (χ4n) is 4.30. The van der Waals surface area contributed by atoms with Crippen LogP contribution in [0.3, 0.4) is 0 Å². The Morgan fingerprint density at radius 2 is 1.93 bits per heavy atom. The molecule has 5 heteroatoms. The number of likely N-dealkylation sites (N-methyl/N-ethyl adjacent to an activating group) is 1. The van der Waals surface area contributed by atoms with Gasteiger partial charge < -0.3 is 9.30 Å². The summed E-state index contributed by atoms with van der Waals surface area (Å²) in [5.74, 6) is 0.218. The summed E-state index contributed by atoms with van der Waals surface area (Å²) in [5.41, 5.74) is 2.60. The lowest BCUT2D eigenvalue weighted by Gasteiger charge is -2.34. The first kappa shape index (κ1) is 18.1. The number of carbonyl (C=O) groups is 1. The first-order valence-electron chi connectivity index (χ1n) is 9.60. The van der Waals surface area contributed by atoms with Crippen molar-refractivity contribution in [3.8, 4) is 0 Å². The molecule has 1 aromatic carbocycles. The lowest BCUT2D eigenvalue weighted by molar-refractivity contribution is -0.137. The lowest BCUT2D eigenvalue weighted by atomic mass is 9.77. The summed E-state index contributed by atoms with van der Waals surface area (Å²) >= 11 is 6.08. The zero-order chi connectivity index (χ0) is 18.9. The highest BCUT2D eigenvalue weighted by Crippen LogP contribution is 2.43. The molecule has 0 radical (unpaired) electrons. The zero-order valence-corrected chi connectivity index (χ0v) is 16.3. The number of imidazole rings is 1. The Balaban J connectivity index is 1.66. The van der Waals surface area contributed by atoms with Crippen molar-refractivity contribution in [3.05, 3.63) is 71.1 Å². The molecule has 0 aliphatic heterocycles. The number of fused-ring (bicyclic) bond motifs is 1. The number of nitrogens with zero attached hydrogens (tertiary/aromatic N) is 3. The third-order valence-corrected chi connectivity index (χ3v) is 6.03. The summed E-state index contributed by atoms with van der Waals surface area (Å²) in [6, 6.07) is 13.8. The van der Waals surface area contributed by atoms with Crippen molar-refractivity contribution in [2.45, 2.75) is 44.6 Å². The Morgan fingerprint density at radius 3 is 2.63 bits per heavy atom. The van der Waals surface area contributed by atoms with Gasteiger partial charge in [0.05, 0.1) is 23.9 Å². The smallest absolute Gasteiger partial charge is 0.233 e. The second-order valence-corrected chi connectivity index (χ2v) is 7.73. The molecule has 1 fully saturated rings. The van der Waals surface area contributed by atoms with Crippen molar-refractivity contribution in [3.63, 3.8) is 0 Å². The predicted molar refractivity (Wildman–Crippen MR) is 108 cm³/mol. The van der Waals surface area contributed by atoms with E-state index in [-0.39, 0.29) is 5.91 Å². The van der Waals surface area contributed by atoms with E-state index in [1.54, 1.807) is 0 Å². The van der Waals surface area contributed by atoms with Gasteiger partial charge >= 0.3 is 0 Å². The number of aromatic nitrogens is 2. The second kappa shape index (κ2) is 7.35. The first-order valence-corrected chi connectivity index (χ1v) is 9.98. The van der Waals surface area contributed by atoms with Crippen LogP contribution >= 0.6 is 11.6 Å². The van der Waals surface area contributed by atoms with Crippen LogP contribution in [0.15, 0.2) is 54.9 Å². The maximum absolute atomic E-state index is 13.7. The summed E-state index contributed by atoms with van der Waals surface area (Å²) < 4.78 is 2.06.